The molecule has 0 fully saturated rings. The molecular weight excluding hydrogens is 279 g/mol. The number of benzene rings is 1. The van der Waals surface area contributed by atoms with Crippen molar-refractivity contribution in [1.29, 1.82) is 0 Å². The lowest BCUT2D eigenvalue weighted by Crippen LogP contribution is -2.09. The average Bonchev–Trinajstić information content (AvgIpc) is 2.41. The number of esters is 1. The molecule has 4 nitrogen and oxygen atoms in total. The van der Waals surface area contributed by atoms with Crippen molar-refractivity contribution in [2.75, 3.05) is 12.3 Å². The SMILES string of the molecule is CCOC(=O)c1ccnc(Sc2cccc(F)c2)c1N. The molecule has 0 atom stereocenters. The molecule has 1 heterocycles. The van der Waals surface area contributed by atoms with E-state index in [1.165, 1.54) is 36.2 Å². The summed E-state index contributed by atoms with van der Waals surface area (Å²) in [5.74, 6) is -0.830. The maximum absolute atomic E-state index is 13.1. The molecule has 0 spiro atoms. The molecule has 2 N–H and O–H groups in total. The maximum Gasteiger partial charge on any atom is 0.340 e. The van der Waals surface area contributed by atoms with Gasteiger partial charge in [-0.15, -0.1) is 0 Å². The molecular formula is C14H13FN2O2S. The van der Waals surface area contributed by atoms with E-state index in [1.807, 2.05) is 0 Å². The molecule has 0 aliphatic carbocycles. The van der Waals surface area contributed by atoms with E-state index in [0.717, 1.165) is 0 Å². The number of rotatable bonds is 4. The van der Waals surface area contributed by atoms with E-state index in [1.54, 1.807) is 19.1 Å². The molecule has 0 bridgehead atoms. The fraction of sp³-hybridized carbons (Fsp3) is 0.143. The van der Waals surface area contributed by atoms with E-state index in [4.69, 9.17) is 10.5 Å². The van der Waals surface area contributed by atoms with Gasteiger partial charge in [-0.2, -0.15) is 0 Å². The highest BCUT2D eigenvalue weighted by Gasteiger charge is 2.15. The van der Waals surface area contributed by atoms with Crippen LogP contribution in [-0.2, 0) is 4.74 Å². The van der Waals surface area contributed by atoms with Gasteiger partial charge in [0.05, 0.1) is 17.9 Å². The van der Waals surface area contributed by atoms with Gasteiger partial charge < -0.3 is 10.5 Å². The molecule has 0 saturated heterocycles. The van der Waals surface area contributed by atoms with Crippen LogP contribution in [0.25, 0.3) is 0 Å². The highest BCUT2D eigenvalue weighted by molar-refractivity contribution is 7.99. The Balaban J connectivity index is 2.29. The number of nitrogen functional groups attached to an aromatic ring is 1. The Morgan fingerprint density at radius 1 is 1.45 bits per heavy atom. The summed E-state index contributed by atoms with van der Waals surface area (Å²) < 4.78 is 18.1. The minimum atomic E-state index is -0.492. The second-order valence-electron chi connectivity index (χ2n) is 3.86. The van der Waals surface area contributed by atoms with Gasteiger partial charge in [-0.25, -0.2) is 14.2 Å². The lowest BCUT2D eigenvalue weighted by atomic mass is 10.2. The van der Waals surface area contributed by atoms with Crippen molar-refractivity contribution in [3.63, 3.8) is 0 Å². The van der Waals surface area contributed by atoms with Crippen LogP contribution >= 0.6 is 11.8 Å². The van der Waals surface area contributed by atoms with E-state index in [9.17, 15) is 9.18 Å². The third-order valence-electron chi connectivity index (χ3n) is 2.46. The number of anilines is 1. The zero-order chi connectivity index (χ0) is 14.5. The van der Waals surface area contributed by atoms with Crippen molar-refractivity contribution in [1.82, 2.24) is 4.98 Å². The Morgan fingerprint density at radius 3 is 2.95 bits per heavy atom. The number of carbonyl (C=O) groups excluding carboxylic acids is 1. The molecule has 0 radical (unpaired) electrons. The minimum Gasteiger partial charge on any atom is -0.462 e. The molecule has 0 aliphatic rings. The van der Waals surface area contributed by atoms with Gasteiger partial charge in [-0.1, -0.05) is 17.8 Å². The first-order valence-electron chi connectivity index (χ1n) is 5.97. The molecule has 2 rings (SSSR count). The van der Waals surface area contributed by atoms with E-state index in [2.05, 4.69) is 4.98 Å². The fourth-order valence-electron chi connectivity index (χ4n) is 1.56. The number of nitrogens with two attached hydrogens (primary N) is 1. The van der Waals surface area contributed by atoms with Crippen LogP contribution in [0.2, 0.25) is 0 Å². The third-order valence-corrected chi connectivity index (χ3v) is 3.47. The lowest BCUT2D eigenvalue weighted by molar-refractivity contribution is 0.0527. The van der Waals surface area contributed by atoms with Gasteiger partial charge in [-0.05, 0) is 31.2 Å². The van der Waals surface area contributed by atoms with Crippen molar-refractivity contribution < 1.29 is 13.9 Å². The predicted molar refractivity (Wildman–Crippen MR) is 75.1 cm³/mol. The van der Waals surface area contributed by atoms with Gasteiger partial charge in [0.1, 0.15) is 10.8 Å². The summed E-state index contributed by atoms with van der Waals surface area (Å²) >= 11 is 1.19. The summed E-state index contributed by atoms with van der Waals surface area (Å²) in [4.78, 5) is 16.5. The van der Waals surface area contributed by atoms with Crippen LogP contribution in [0.4, 0.5) is 10.1 Å². The highest BCUT2D eigenvalue weighted by atomic mass is 32.2. The number of hydrogen-bond donors (Lipinski definition) is 1. The monoisotopic (exact) mass is 292 g/mol. The van der Waals surface area contributed by atoms with Crippen LogP contribution in [0, 0.1) is 5.82 Å². The number of aromatic nitrogens is 1. The molecule has 6 heteroatoms. The van der Waals surface area contributed by atoms with Gasteiger partial charge >= 0.3 is 5.97 Å². The van der Waals surface area contributed by atoms with Crippen molar-refractivity contribution in [2.45, 2.75) is 16.8 Å². The molecule has 0 saturated carbocycles. The number of hydrogen-bond acceptors (Lipinski definition) is 5. The zero-order valence-electron chi connectivity index (χ0n) is 10.8. The van der Waals surface area contributed by atoms with Crippen LogP contribution in [0.3, 0.4) is 0 Å². The molecule has 0 unspecified atom stereocenters. The van der Waals surface area contributed by atoms with Crippen LogP contribution in [-0.4, -0.2) is 17.6 Å². The molecule has 0 amide bonds. The lowest BCUT2D eigenvalue weighted by Gasteiger charge is -2.09. The fourth-order valence-corrected chi connectivity index (χ4v) is 2.44. The molecule has 1 aromatic carbocycles. The summed E-state index contributed by atoms with van der Waals surface area (Å²) in [5.41, 5.74) is 6.42. The van der Waals surface area contributed by atoms with E-state index >= 15 is 0 Å². The van der Waals surface area contributed by atoms with Crippen molar-refractivity contribution in [3.05, 3.63) is 47.9 Å². The summed E-state index contributed by atoms with van der Waals surface area (Å²) in [6.45, 7) is 1.99. The Bertz CT molecular complexity index is 634. The van der Waals surface area contributed by atoms with E-state index in [-0.39, 0.29) is 23.7 Å². The van der Waals surface area contributed by atoms with Gasteiger partial charge in [0.2, 0.25) is 0 Å². The van der Waals surface area contributed by atoms with Crippen LogP contribution in [0.15, 0.2) is 46.5 Å². The molecule has 104 valence electrons. The molecule has 20 heavy (non-hydrogen) atoms. The van der Waals surface area contributed by atoms with E-state index < -0.39 is 5.97 Å². The van der Waals surface area contributed by atoms with Gasteiger partial charge in [-0.3, -0.25) is 0 Å². The number of ether oxygens (including phenoxy) is 1. The van der Waals surface area contributed by atoms with Gasteiger partial charge in [0, 0.05) is 11.1 Å². The standard InChI is InChI=1S/C14H13FN2O2S/c1-2-19-14(18)11-6-7-17-13(12(11)16)20-10-5-3-4-9(15)8-10/h3-8H,2,16H2,1H3. The summed E-state index contributed by atoms with van der Waals surface area (Å²) in [6, 6.07) is 7.58. The molecule has 1 aromatic heterocycles. The summed E-state index contributed by atoms with van der Waals surface area (Å²) in [6.07, 6.45) is 1.48. The van der Waals surface area contributed by atoms with Crippen molar-refractivity contribution >= 4 is 23.4 Å². The van der Waals surface area contributed by atoms with Crippen LogP contribution < -0.4 is 5.73 Å². The van der Waals surface area contributed by atoms with E-state index in [0.29, 0.717) is 9.92 Å². The topological polar surface area (TPSA) is 65.2 Å². The summed E-state index contributed by atoms with van der Waals surface area (Å²) in [7, 11) is 0. The van der Waals surface area contributed by atoms with Gasteiger partial charge in [0.25, 0.3) is 0 Å². The Morgan fingerprint density at radius 2 is 2.25 bits per heavy atom. The van der Waals surface area contributed by atoms with Crippen molar-refractivity contribution in [3.8, 4) is 0 Å². The second-order valence-corrected chi connectivity index (χ2v) is 4.92. The van der Waals surface area contributed by atoms with Crippen LogP contribution in [0.1, 0.15) is 17.3 Å². The zero-order valence-corrected chi connectivity index (χ0v) is 11.6. The minimum absolute atomic E-state index is 0.236. The maximum atomic E-state index is 13.1. The first kappa shape index (κ1) is 14.3. The summed E-state index contributed by atoms with van der Waals surface area (Å²) in [5, 5.41) is 0.446. The number of carbonyl (C=O) groups is 1. The number of halogens is 1. The Labute approximate surface area is 120 Å². The quantitative estimate of drug-likeness (QED) is 0.877. The van der Waals surface area contributed by atoms with Crippen LogP contribution in [0.5, 0.6) is 0 Å². The van der Waals surface area contributed by atoms with Crippen molar-refractivity contribution in [2.24, 2.45) is 0 Å². The Hall–Kier alpha value is -2.08. The normalized spacial score (nSPS) is 10.3. The van der Waals surface area contributed by atoms with Gasteiger partial charge in [0.15, 0.2) is 0 Å². The first-order valence-corrected chi connectivity index (χ1v) is 6.78. The highest BCUT2D eigenvalue weighted by Crippen LogP contribution is 2.32. The molecule has 2 aromatic rings. The Kier molecular flexibility index (Phi) is 4.57. The predicted octanol–water partition coefficient (Wildman–Crippen LogP) is 3.13. The molecule has 0 aliphatic heterocycles. The first-order chi connectivity index (χ1) is 9.61. The second kappa shape index (κ2) is 6.38. The largest absolute Gasteiger partial charge is 0.462 e. The smallest absolute Gasteiger partial charge is 0.340 e. The number of nitrogens with zero attached hydrogens (tertiary/aromatic N) is 1. The number of pyridine rings is 1. The third kappa shape index (κ3) is 3.27. The average molecular weight is 292 g/mol.